The molecule has 0 saturated heterocycles. The lowest BCUT2D eigenvalue weighted by Gasteiger charge is -2.20. The van der Waals surface area contributed by atoms with E-state index in [2.05, 4.69) is 24.1 Å². The fraction of sp³-hybridized carbons (Fsp3) is 0.214. The number of pyridine rings is 1. The first kappa shape index (κ1) is 25.2. The Kier molecular flexibility index (Phi) is 7.26. The SMILES string of the molecule is CC(C)c1ccc(N(C)S(=O)(=O)c2ccc3[nH]cc(C(=O)NCCc4ccccc4)c(=O)c3c2)cc1. The molecule has 7 nitrogen and oxygen atoms in total. The van der Waals surface area contributed by atoms with Gasteiger partial charge in [0.25, 0.3) is 15.9 Å². The molecule has 0 unspecified atom stereocenters. The second kappa shape index (κ2) is 10.4. The van der Waals surface area contributed by atoms with Crippen molar-refractivity contribution in [1.82, 2.24) is 10.3 Å². The van der Waals surface area contributed by atoms with Crippen molar-refractivity contribution in [2.24, 2.45) is 0 Å². The van der Waals surface area contributed by atoms with E-state index in [9.17, 15) is 18.0 Å². The van der Waals surface area contributed by atoms with Crippen LogP contribution >= 0.6 is 0 Å². The van der Waals surface area contributed by atoms with Crippen LogP contribution in [0.3, 0.4) is 0 Å². The number of anilines is 1. The molecule has 2 N–H and O–H groups in total. The zero-order chi connectivity index (χ0) is 25.9. The maximum absolute atomic E-state index is 13.3. The summed E-state index contributed by atoms with van der Waals surface area (Å²) >= 11 is 0. The van der Waals surface area contributed by atoms with Crippen molar-refractivity contribution >= 4 is 32.5 Å². The third-order valence-electron chi connectivity index (χ3n) is 6.22. The van der Waals surface area contributed by atoms with Crippen molar-refractivity contribution in [2.75, 3.05) is 17.9 Å². The normalized spacial score (nSPS) is 11.6. The van der Waals surface area contributed by atoms with Gasteiger partial charge < -0.3 is 10.3 Å². The Hall–Kier alpha value is -3.91. The van der Waals surface area contributed by atoms with Crippen LogP contribution in [0.15, 0.2) is 88.7 Å². The van der Waals surface area contributed by atoms with Crippen molar-refractivity contribution in [3.05, 3.63) is 106 Å². The highest BCUT2D eigenvalue weighted by Crippen LogP contribution is 2.25. The number of sulfonamides is 1. The fourth-order valence-electron chi connectivity index (χ4n) is 3.95. The van der Waals surface area contributed by atoms with Crippen LogP contribution in [0.5, 0.6) is 0 Å². The number of rotatable bonds is 8. The predicted molar refractivity (Wildman–Crippen MR) is 143 cm³/mol. The number of carbonyl (C=O) groups excluding carboxylic acids is 1. The van der Waals surface area contributed by atoms with Gasteiger partial charge in [-0.05, 0) is 53.8 Å². The van der Waals surface area contributed by atoms with Crippen LogP contribution in [0.4, 0.5) is 5.69 Å². The number of amides is 1. The molecule has 0 radical (unpaired) electrons. The van der Waals surface area contributed by atoms with Crippen molar-refractivity contribution in [1.29, 1.82) is 0 Å². The predicted octanol–water partition coefficient (Wildman–Crippen LogP) is 4.45. The molecule has 0 atom stereocenters. The molecule has 0 aliphatic rings. The lowest BCUT2D eigenvalue weighted by atomic mass is 10.0. The number of hydrogen-bond acceptors (Lipinski definition) is 4. The molecule has 1 amide bonds. The van der Waals surface area contributed by atoms with E-state index in [-0.39, 0.29) is 15.8 Å². The summed E-state index contributed by atoms with van der Waals surface area (Å²) in [6.07, 6.45) is 1.99. The summed E-state index contributed by atoms with van der Waals surface area (Å²) in [7, 11) is -2.45. The van der Waals surface area contributed by atoms with Crippen LogP contribution in [0.25, 0.3) is 10.9 Å². The lowest BCUT2D eigenvalue weighted by Crippen LogP contribution is -2.30. The topological polar surface area (TPSA) is 99.3 Å². The van der Waals surface area contributed by atoms with Crippen LogP contribution in [0.2, 0.25) is 0 Å². The van der Waals surface area contributed by atoms with E-state index >= 15 is 0 Å². The number of H-pyrrole nitrogens is 1. The number of benzene rings is 3. The minimum atomic E-state index is -3.93. The van der Waals surface area contributed by atoms with Crippen LogP contribution in [0, 0.1) is 0 Å². The van der Waals surface area contributed by atoms with Gasteiger partial charge in [-0.15, -0.1) is 0 Å². The number of hydrogen-bond donors (Lipinski definition) is 2. The average Bonchev–Trinajstić information content (AvgIpc) is 2.89. The second-order valence-electron chi connectivity index (χ2n) is 8.95. The first-order valence-corrected chi connectivity index (χ1v) is 13.2. The summed E-state index contributed by atoms with van der Waals surface area (Å²) in [5, 5.41) is 2.90. The van der Waals surface area contributed by atoms with Crippen LogP contribution < -0.4 is 15.1 Å². The summed E-state index contributed by atoms with van der Waals surface area (Å²) in [5.41, 5.74) is 2.55. The molecule has 1 heterocycles. The fourth-order valence-corrected chi connectivity index (χ4v) is 5.18. The van der Waals surface area contributed by atoms with E-state index in [0.717, 1.165) is 11.1 Å². The molecule has 0 fully saturated rings. The Morgan fingerprint density at radius 1 is 1.00 bits per heavy atom. The van der Waals surface area contributed by atoms with E-state index in [1.807, 2.05) is 42.5 Å². The smallest absolute Gasteiger partial charge is 0.264 e. The first-order chi connectivity index (χ1) is 17.2. The van der Waals surface area contributed by atoms with Crippen molar-refractivity contribution in [3.8, 4) is 0 Å². The van der Waals surface area contributed by atoms with Gasteiger partial charge in [-0.3, -0.25) is 13.9 Å². The first-order valence-electron chi connectivity index (χ1n) is 11.7. The van der Waals surface area contributed by atoms with E-state index in [0.29, 0.717) is 30.1 Å². The molecular weight excluding hydrogens is 474 g/mol. The number of nitrogens with one attached hydrogen (secondary N) is 2. The van der Waals surface area contributed by atoms with Gasteiger partial charge in [-0.25, -0.2) is 8.42 Å². The minimum absolute atomic E-state index is 0.0300. The zero-order valence-corrected chi connectivity index (χ0v) is 21.3. The second-order valence-corrected chi connectivity index (χ2v) is 10.9. The Morgan fingerprint density at radius 3 is 2.36 bits per heavy atom. The number of aromatic nitrogens is 1. The lowest BCUT2D eigenvalue weighted by molar-refractivity contribution is 0.0953. The van der Waals surface area contributed by atoms with Gasteiger partial charge in [0.15, 0.2) is 0 Å². The van der Waals surface area contributed by atoms with Gasteiger partial charge >= 0.3 is 0 Å². The van der Waals surface area contributed by atoms with Crippen molar-refractivity contribution in [2.45, 2.75) is 31.1 Å². The largest absolute Gasteiger partial charge is 0.360 e. The van der Waals surface area contributed by atoms with E-state index in [1.54, 1.807) is 12.1 Å². The van der Waals surface area contributed by atoms with Gasteiger partial charge in [-0.2, -0.15) is 0 Å². The number of aromatic amines is 1. The molecule has 8 heteroatoms. The molecule has 0 spiro atoms. The number of carbonyl (C=O) groups is 1. The maximum atomic E-state index is 13.3. The minimum Gasteiger partial charge on any atom is -0.360 e. The molecule has 4 rings (SSSR count). The van der Waals surface area contributed by atoms with Crippen LogP contribution in [0.1, 0.15) is 41.3 Å². The van der Waals surface area contributed by atoms with Gasteiger partial charge in [0.1, 0.15) is 5.56 Å². The van der Waals surface area contributed by atoms with E-state index in [4.69, 9.17) is 0 Å². The molecule has 1 aromatic heterocycles. The zero-order valence-electron chi connectivity index (χ0n) is 20.5. The Bertz CT molecular complexity index is 1540. The molecule has 0 saturated carbocycles. The molecule has 36 heavy (non-hydrogen) atoms. The molecule has 186 valence electrons. The van der Waals surface area contributed by atoms with Gasteiger partial charge in [-0.1, -0.05) is 56.3 Å². The average molecular weight is 504 g/mol. The molecule has 3 aromatic carbocycles. The monoisotopic (exact) mass is 503 g/mol. The molecule has 4 aromatic rings. The summed E-state index contributed by atoms with van der Waals surface area (Å²) in [6, 6.07) is 21.3. The van der Waals surface area contributed by atoms with Gasteiger partial charge in [0.05, 0.1) is 10.6 Å². The Labute approximate surface area is 210 Å². The summed E-state index contributed by atoms with van der Waals surface area (Å²) in [5.74, 6) is -0.178. The highest BCUT2D eigenvalue weighted by molar-refractivity contribution is 7.92. The van der Waals surface area contributed by atoms with Crippen LogP contribution in [-0.2, 0) is 16.4 Å². The van der Waals surface area contributed by atoms with Gasteiger partial charge in [0.2, 0.25) is 5.43 Å². The standard InChI is InChI=1S/C28H29N3O4S/c1-19(2)21-9-11-22(12-10-21)31(3)36(34,35)23-13-14-26-24(17-23)27(32)25(18-30-26)28(33)29-16-15-20-7-5-4-6-8-20/h4-14,17-19H,15-16H2,1-3H3,(H,29,33)(H,30,32). The maximum Gasteiger partial charge on any atom is 0.264 e. The summed E-state index contributed by atoms with van der Waals surface area (Å²) < 4.78 is 27.9. The molecule has 0 aliphatic carbocycles. The summed E-state index contributed by atoms with van der Waals surface area (Å²) in [4.78, 5) is 28.7. The number of fused-ring (bicyclic) bond motifs is 1. The Morgan fingerprint density at radius 2 is 1.69 bits per heavy atom. The quantitative estimate of drug-likeness (QED) is 0.371. The highest BCUT2D eigenvalue weighted by Gasteiger charge is 2.23. The van der Waals surface area contributed by atoms with E-state index in [1.165, 1.54) is 35.7 Å². The van der Waals surface area contributed by atoms with Crippen LogP contribution in [-0.4, -0.2) is 32.9 Å². The Balaban J connectivity index is 1.59. The third kappa shape index (κ3) is 5.18. The van der Waals surface area contributed by atoms with Crippen molar-refractivity contribution < 1.29 is 13.2 Å². The molecule has 0 aliphatic heterocycles. The number of nitrogens with zero attached hydrogens (tertiary/aromatic N) is 1. The van der Waals surface area contributed by atoms with Gasteiger partial charge in [0, 0.05) is 30.7 Å². The molecular formula is C28H29N3O4S. The van der Waals surface area contributed by atoms with E-state index < -0.39 is 21.4 Å². The highest BCUT2D eigenvalue weighted by atomic mass is 32.2. The third-order valence-corrected chi connectivity index (χ3v) is 8.00. The van der Waals surface area contributed by atoms with Crippen molar-refractivity contribution in [3.63, 3.8) is 0 Å². The summed E-state index contributed by atoms with van der Waals surface area (Å²) in [6.45, 7) is 4.51. The molecule has 0 bridgehead atoms.